The van der Waals surface area contributed by atoms with Gasteiger partial charge in [0, 0.05) is 10.6 Å². The van der Waals surface area contributed by atoms with Gasteiger partial charge in [0.2, 0.25) is 0 Å². The van der Waals surface area contributed by atoms with E-state index < -0.39 is 0 Å². The lowest BCUT2D eigenvalue weighted by Crippen LogP contribution is -2.09. The maximum Gasteiger partial charge on any atom is 0.338 e. The minimum atomic E-state index is -0.314. The minimum Gasteiger partial charge on any atom is -0.462 e. The number of aromatic nitrogens is 2. The quantitative estimate of drug-likeness (QED) is 0.675. The Labute approximate surface area is 156 Å². The van der Waals surface area contributed by atoms with Gasteiger partial charge in [-0.05, 0) is 55.9 Å². The molecule has 1 aliphatic rings. The Bertz CT molecular complexity index is 967. The third-order valence-electron chi connectivity index (χ3n) is 4.73. The van der Waals surface area contributed by atoms with E-state index in [0.29, 0.717) is 12.2 Å². The van der Waals surface area contributed by atoms with Crippen molar-refractivity contribution in [1.82, 2.24) is 9.97 Å². The summed E-state index contributed by atoms with van der Waals surface area (Å²) in [4.78, 5) is 23.4. The molecule has 1 atom stereocenters. The number of esters is 1. The highest BCUT2D eigenvalue weighted by molar-refractivity contribution is 7.19. The van der Waals surface area contributed by atoms with E-state index in [-0.39, 0.29) is 5.97 Å². The second-order valence-corrected chi connectivity index (χ2v) is 7.76. The van der Waals surface area contributed by atoms with Crippen molar-refractivity contribution in [2.24, 2.45) is 5.92 Å². The molecule has 0 fully saturated rings. The van der Waals surface area contributed by atoms with E-state index in [1.165, 1.54) is 16.9 Å². The predicted octanol–water partition coefficient (Wildman–Crippen LogP) is 4.74. The number of nitrogens with zero attached hydrogens (tertiary/aromatic N) is 2. The van der Waals surface area contributed by atoms with Gasteiger partial charge in [0.1, 0.15) is 17.0 Å². The summed E-state index contributed by atoms with van der Waals surface area (Å²) in [5.41, 5.74) is 2.73. The molecule has 26 heavy (non-hydrogen) atoms. The van der Waals surface area contributed by atoms with Gasteiger partial charge in [-0.25, -0.2) is 14.8 Å². The standard InChI is InChI=1S/C20H21N3O2S/c1-3-25-20(24)13-5-4-6-14(10-13)23-18-17-15-8-7-12(2)9-16(15)26-19(17)22-11-21-18/h4-6,10-12H,3,7-9H2,1-2H3,(H,21,22,23)/t12-/m0/s1. The Kier molecular flexibility index (Phi) is 4.59. The van der Waals surface area contributed by atoms with Crippen LogP contribution in [0.15, 0.2) is 30.6 Å². The Morgan fingerprint density at radius 1 is 1.38 bits per heavy atom. The number of carbonyl (C=O) groups excluding carboxylic acids is 1. The molecule has 0 aliphatic heterocycles. The van der Waals surface area contributed by atoms with E-state index in [2.05, 4.69) is 22.2 Å². The predicted molar refractivity (Wildman–Crippen MR) is 104 cm³/mol. The molecule has 1 N–H and O–H groups in total. The maximum atomic E-state index is 12.0. The summed E-state index contributed by atoms with van der Waals surface area (Å²) in [6.45, 7) is 4.47. The molecule has 1 aromatic carbocycles. The number of rotatable bonds is 4. The van der Waals surface area contributed by atoms with Gasteiger partial charge >= 0.3 is 5.97 Å². The average Bonchev–Trinajstić information content (AvgIpc) is 3.00. The molecule has 0 spiro atoms. The van der Waals surface area contributed by atoms with Gasteiger partial charge in [-0.3, -0.25) is 0 Å². The molecule has 0 unspecified atom stereocenters. The van der Waals surface area contributed by atoms with Crippen molar-refractivity contribution < 1.29 is 9.53 Å². The first-order chi connectivity index (χ1) is 12.7. The molecule has 5 nitrogen and oxygen atoms in total. The van der Waals surface area contributed by atoms with Gasteiger partial charge < -0.3 is 10.1 Å². The number of carbonyl (C=O) groups is 1. The van der Waals surface area contributed by atoms with Crippen molar-refractivity contribution in [2.45, 2.75) is 33.1 Å². The number of ether oxygens (including phenoxy) is 1. The Morgan fingerprint density at radius 3 is 3.12 bits per heavy atom. The Hall–Kier alpha value is -2.47. The van der Waals surface area contributed by atoms with Gasteiger partial charge in [0.15, 0.2) is 0 Å². The van der Waals surface area contributed by atoms with E-state index in [1.807, 2.05) is 12.1 Å². The van der Waals surface area contributed by atoms with Crippen LogP contribution in [0.3, 0.4) is 0 Å². The largest absolute Gasteiger partial charge is 0.462 e. The van der Waals surface area contributed by atoms with Crippen LogP contribution in [-0.4, -0.2) is 22.5 Å². The molecule has 2 aromatic heterocycles. The Balaban J connectivity index is 1.70. The summed E-state index contributed by atoms with van der Waals surface area (Å²) in [6, 6.07) is 7.33. The highest BCUT2D eigenvalue weighted by atomic mass is 32.1. The third kappa shape index (κ3) is 3.17. The summed E-state index contributed by atoms with van der Waals surface area (Å²) in [5, 5.41) is 4.51. The van der Waals surface area contributed by atoms with Gasteiger partial charge in [0.05, 0.1) is 17.6 Å². The van der Waals surface area contributed by atoms with Gasteiger partial charge in [0.25, 0.3) is 0 Å². The summed E-state index contributed by atoms with van der Waals surface area (Å²) in [6.07, 6.45) is 4.99. The van der Waals surface area contributed by atoms with Crippen molar-refractivity contribution in [3.63, 3.8) is 0 Å². The van der Waals surface area contributed by atoms with Crippen molar-refractivity contribution in [3.8, 4) is 0 Å². The van der Waals surface area contributed by atoms with Crippen LogP contribution in [0.1, 0.15) is 41.1 Å². The monoisotopic (exact) mass is 367 g/mol. The SMILES string of the molecule is CCOC(=O)c1cccc(Nc2ncnc3sc4c(c23)CC[C@H](C)C4)c1. The van der Waals surface area contributed by atoms with Crippen LogP contribution < -0.4 is 5.32 Å². The summed E-state index contributed by atoms with van der Waals surface area (Å²) in [5.74, 6) is 1.22. The van der Waals surface area contributed by atoms with Crippen LogP contribution in [0.4, 0.5) is 11.5 Å². The molecule has 4 rings (SSSR count). The smallest absolute Gasteiger partial charge is 0.338 e. The molecule has 1 aliphatic carbocycles. The van der Waals surface area contributed by atoms with E-state index >= 15 is 0 Å². The van der Waals surface area contributed by atoms with E-state index in [4.69, 9.17) is 4.74 Å². The second kappa shape index (κ2) is 7.03. The lowest BCUT2D eigenvalue weighted by molar-refractivity contribution is 0.0526. The lowest BCUT2D eigenvalue weighted by Gasteiger charge is -2.18. The fourth-order valence-corrected chi connectivity index (χ4v) is 4.80. The number of benzene rings is 1. The number of nitrogens with one attached hydrogen (secondary N) is 1. The molecule has 0 saturated heterocycles. The van der Waals surface area contributed by atoms with Crippen LogP contribution in [0.5, 0.6) is 0 Å². The van der Waals surface area contributed by atoms with E-state index in [1.54, 1.807) is 36.7 Å². The van der Waals surface area contributed by atoms with E-state index in [0.717, 1.165) is 40.5 Å². The summed E-state index contributed by atoms with van der Waals surface area (Å²) in [7, 11) is 0. The Morgan fingerprint density at radius 2 is 2.27 bits per heavy atom. The van der Waals surface area contributed by atoms with Gasteiger partial charge in [-0.2, -0.15) is 0 Å². The van der Waals surface area contributed by atoms with E-state index in [9.17, 15) is 4.79 Å². The van der Waals surface area contributed by atoms with Crippen LogP contribution in [-0.2, 0) is 17.6 Å². The van der Waals surface area contributed by atoms with Crippen molar-refractivity contribution in [1.29, 1.82) is 0 Å². The first-order valence-corrected chi connectivity index (χ1v) is 9.76. The molecule has 0 amide bonds. The average molecular weight is 367 g/mol. The highest BCUT2D eigenvalue weighted by Crippen LogP contribution is 2.40. The molecule has 6 heteroatoms. The molecule has 0 saturated carbocycles. The van der Waals surface area contributed by atoms with Crippen LogP contribution in [0.25, 0.3) is 10.2 Å². The number of hydrogen-bond acceptors (Lipinski definition) is 6. The molecular formula is C20H21N3O2S. The number of anilines is 2. The molecule has 3 aromatic rings. The number of fused-ring (bicyclic) bond motifs is 3. The lowest BCUT2D eigenvalue weighted by atomic mass is 9.89. The number of aryl methyl sites for hydroxylation is 1. The molecular weight excluding hydrogens is 346 g/mol. The van der Waals surface area contributed by atoms with Crippen LogP contribution in [0.2, 0.25) is 0 Å². The topological polar surface area (TPSA) is 64.1 Å². The second-order valence-electron chi connectivity index (χ2n) is 6.68. The highest BCUT2D eigenvalue weighted by Gasteiger charge is 2.23. The molecule has 0 radical (unpaired) electrons. The fraction of sp³-hybridized carbons (Fsp3) is 0.350. The fourth-order valence-electron chi connectivity index (χ4n) is 3.44. The van der Waals surface area contributed by atoms with Crippen molar-refractivity contribution >= 4 is 39.0 Å². The zero-order valence-electron chi connectivity index (χ0n) is 14.9. The molecule has 0 bridgehead atoms. The van der Waals surface area contributed by atoms with Crippen LogP contribution >= 0.6 is 11.3 Å². The van der Waals surface area contributed by atoms with Gasteiger partial charge in [-0.1, -0.05) is 13.0 Å². The number of thiophene rings is 1. The summed E-state index contributed by atoms with van der Waals surface area (Å²) >= 11 is 1.78. The number of hydrogen-bond donors (Lipinski definition) is 1. The first-order valence-electron chi connectivity index (χ1n) is 8.95. The zero-order valence-corrected chi connectivity index (χ0v) is 15.7. The van der Waals surface area contributed by atoms with Gasteiger partial charge in [-0.15, -0.1) is 11.3 Å². The maximum absolute atomic E-state index is 12.0. The molecule has 134 valence electrons. The van der Waals surface area contributed by atoms with Crippen molar-refractivity contribution in [2.75, 3.05) is 11.9 Å². The zero-order chi connectivity index (χ0) is 18.1. The third-order valence-corrected chi connectivity index (χ3v) is 5.89. The molecule has 2 heterocycles. The minimum absolute atomic E-state index is 0.314. The van der Waals surface area contributed by atoms with Crippen LogP contribution in [0, 0.1) is 5.92 Å². The summed E-state index contributed by atoms with van der Waals surface area (Å²) < 4.78 is 5.08. The normalized spacial score (nSPS) is 16.3. The van der Waals surface area contributed by atoms with Crippen molar-refractivity contribution in [3.05, 3.63) is 46.6 Å². The first kappa shape index (κ1) is 17.0.